The number of hydrogen-bond acceptors (Lipinski definition) is 4. The Morgan fingerprint density at radius 2 is 2.31 bits per heavy atom. The van der Waals surface area contributed by atoms with E-state index < -0.39 is 23.8 Å². The molecular weight excluding hydrogens is 335 g/mol. The van der Waals surface area contributed by atoms with Gasteiger partial charge >= 0.3 is 5.97 Å². The Balaban J connectivity index is 3.19. The fraction of sp³-hybridized carbons (Fsp3) is 0.333. The zero-order valence-electron chi connectivity index (χ0n) is 8.21. The van der Waals surface area contributed by atoms with Crippen molar-refractivity contribution in [1.82, 2.24) is 4.98 Å². The zero-order valence-corrected chi connectivity index (χ0v) is 10.4. The largest absolute Gasteiger partial charge is 0.506 e. The van der Waals surface area contributed by atoms with Crippen LogP contribution in [0, 0.1) is 3.57 Å². The van der Waals surface area contributed by atoms with Gasteiger partial charge in [-0.2, -0.15) is 0 Å². The number of halogens is 3. The smallest absolute Gasteiger partial charge is 0.358 e. The highest BCUT2D eigenvalue weighted by atomic mass is 127. The summed E-state index contributed by atoms with van der Waals surface area (Å²) in [6, 6.07) is 1.06. The van der Waals surface area contributed by atoms with Crippen molar-refractivity contribution in [1.29, 1.82) is 0 Å². The van der Waals surface area contributed by atoms with E-state index in [0.29, 0.717) is 0 Å². The third-order valence-electron chi connectivity index (χ3n) is 1.66. The van der Waals surface area contributed by atoms with Crippen LogP contribution in [0.25, 0.3) is 0 Å². The van der Waals surface area contributed by atoms with E-state index in [1.807, 2.05) is 0 Å². The van der Waals surface area contributed by atoms with Crippen LogP contribution < -0.4 is 0 Å². The average molecular weight is 343 g/mol. The number of ether oxygens (including phenoxy) is 1. The average Bonchev–Trinajstić information content (AvgIpc) is 2.17. The Labute approximate surface area is 104 Å². The molecule has 0 amide bonds. The van der Waals surface area contributed by atoms with Crippen molar-refractivity contribution in [2.45, 2.75) is 13.3 Å². The lowest BCUT2D eigenvalue weighted by Gasteiger charge is -2.07. The summed E-state index contributed by atoms with van der Waals surface area (Å²) in [6.07, 6.45) is -2.94. The van der Waals surface area contributed by atoms with Gasteiger partial charge in [-0.25, -0.2) is 18.6 Å². The summed E-state index contributed by atoms with van der Waals surface area (Å²) in [6.45, 7) is 1.72. The topological polar surface area (TPSA) is 59.4 Å². The summed E-state index contributed by atoms with van der Waals surface area (Å²) in [4.78, 5) is 14.7. The molecule has 0 spiro atoms. The van der Waals surface area contributed by atoms with Crippen LogP contribution in [0.4, 0.5) is 8.78 Å². The molecule has 1 aromatic heterocycles. The van der Waals surface area contributed by atoms with Gasteiger partial charge in [-0.1, -0.05) is 0 Å². The summed E-state index contributed by atoms with van der Waals surface area (Å²) < 4.78 is 29.7. The number of nitrogens with zero attached hydrogens (tertiary/aromatic N) is 1. The molecule has 0 aromatic carbocycles. The molecule has 0 fully saturated rings. The highest BCUT2D eigenvalue weighted by Crippen LogP contribution is 2.28. The van der Waals surface area contributed by atoms with Gasteiger partial charge in [-0.3, -0.25) is 0 Å². The number of rotatable bonds is 3. The Morgan fingerprint density at radius 3 is 2.81 bits per heavy atom. The molecule has 0 bridgehead atoms. The molecule has 0 atom stereocenters. The summed E-state index contributed by atoms with van der Waals surface area (Å²) in [7, 11) is 0. The SMILES string of the molecule is CCOC(=O)c1nc(C(F)F)c(O)cc1I. The van der Waals surface area contributed by atoms with Crippen molar-refractivity contribution in [2.24, 2.45) is 0 Å². The second kappa shape index (κ2) is 5.37. The minimum Gasteiger partial charge on any atom is -0.506 e. The second-order valence-electron chi connectivity index (χ2n) is 2.74. The maximum absolute atomic E-state index is 12.4. The van der Waals surface area contributed by atoms with E-state index in [-0.39, 0.29) is 15.9 Å². The number of hydrogen-bond donors (Lipinski definition) is 1. The lowest BCUT2D eigenvalue weighted by Crippen LogP contribution is -2.11. The van der Waals surface area contributed by atoms with Crippen molar-refractivity contribution < 1.29 is 23.4 Å². The van der Waals surface area contributed by atoms with E-state index >= 15 is 0 Å². The summed E-state index contributed by atoms with van der Waals surface area (Å²) in [5.41, 5.74) is -1.03. The first kappa shape index (κ1) is 13.1. The minimum absolute atomic E-state index is 0.126. The van der Waals surface area contributed by atoms with Crippen molar-refractivity contribution in [2.75, 3.05) is 6.61 Å². The zero-order chi connectivity index (χ0) is 12.3. The number of aromatic nitrogens is 1. The van der Waals surface area contributed by atoms with Crippen LogP contribution in [0.2, 0.25) is 0 Å². The van der Waals surface area contributed by atoms with Crippen LogP contribution in [0.3, 0.4) is 0 Å². The van der Waals surface area contributed by atoms with Crippen LogP contribution >= 0.6 is 22.6 Å². The monoisotopic (exact) mass is 343 g/mol. The van der Waals surface area contributed by atoms with Gasteiger partial charge in [0.1, 0.15) is 11.4 Å². The maximum Gasteiger partial charge on any atom is 0.358 e. The van der Waals surface area contributed by atoms with Crippen LogP contribution in [0.15, 0.2) is 6.07 Å². The van der Waals surface area contributed by atoms with E-state index in [9.17, 15) is 18.7 Å². The lowest BCUT2D eigenvalue weighted by atomic mass is 10.3. The Kier molecular flexibility index (Phi) is 4.39. The van der Waals surface area contributed by atoms with Gasteiger partial charge in [-0.05, 0) is 35.6 Å². The first-order chi connectivity index (χ1) is 7.47. The molecule has 0 saturated heterocycles. The van der Waals surface area contributed by atoms with Gasteiger partial charge in [0.25, 0.3) is 6.43 Å². The number of alkyl halides is 2. The summed E-state index contributed by atoms with van der Waals surface area (Å²) in [5, 5.41) is 9.20. The van der Waals surface area contributed by atoms with Crippen LogP contribution in [-0.2, 0) is 4.74 Å². The molecule has 0 saturated carbocycles. The predicted octanol–water partition coefficient (Wildman–Crippen LogP) is 2.51. The molecule has 88 valence electrons. The molecule has 1 aromatic rings. The van der Waals surface area contributed by atoms with Crippen molar-refractivity contribution in [3.8, 4) is 5.75 Å². The van der Waals surface area contributed by atoms with Crippen molar-refractivity contribution in [3.63, 3.8) is 0 Å². The number of aromatic hydroxyl groups is 1. The predicted molar refractivity (Wildman–Crippen MR) is 59.5 cm³/mol. The fourth-order valence-electron chi connectivity index (χ4n) is 0.997. The fourth-order valence-corrected chi connectivity index (χ4v) is 1.63. The molecule has 1 N–H and O–H groups in total. The molecule has 0 unspecified atom stereocenters. The molecule has 0 aliphatic heterocycles. The number of pyridine rings is 1. The van der Waals surface area contributed by atoms with Crippen molar-refractivity contribution in [3.05, 3.63) is 21.0 Å². The van der Waals surface area contributed by atoms with Gasteiger partial charge in [0.2, 0.25) is 0 Å². The highest BCUT2D eigenvalue weighted by molar-refractivity contribution is 14.1. The Bertz CT molecular complexity index is 412. The molecule has 16 heavy (non-hydrogen) atoms. The molecule has 0 aliphatic rings. The molecule has 0 aliphatic carbocycles. The number of carbonyl (C=O) groups is 1. The number of esters is 1. The molecule has 1 heterocycles. The van der Waals surface area contributed by atoms with Gasteiger partial charge in [0.05, 0.1) is 6.61 Å². The second-order valence-corrected chi connectivity index (χ2v) is 3.91. The van der Waals surface area contributed by atoms with Gasteiger partial charge in [0, 0.05) is 3.57 Å². The highest BCUT2D eigenvalue weighted by Gasteiger charge is 2.21. The molecule has 0 radical (unpaired) electrons. The summed E-state index contributed by atoms with van der Waals surface area (Å²) in [5.74, 6) is -1.42. The van der Waals surface area contributed by atoms with Crippen molar-refractivity contribution >= 4 is 28.6 Å². The third kappa shape index (κ3) is 2.77. The third-order valence-corrected chi connectivity index (χ3v) is 2.48. The van der Waals surface area contributed by atoms with E-state index in [1.165, 1.54) is 0 Å². The summed E-state index contributed by atoms with van der Waals surface area (Å²) >= 11 is 1.71. The minimum atomic E-state index is -2.94. The standard InChI is InChI=1S/C9H8F2INO3/c1-2-16-9(15)6-4(12)3-5(14)7(13-6)8(10)11/h3,8,14H,2H2,1H3. The normalized spacial score (nSPS) is 10.6. The molecular formula is C9H8F2INO3. The van der Waals surface area contributed by atoms with Crippen LogP contribution in [0.1, 0.15) is 29.5 Å². The van der Waals surface area contributed by atoms with Gasteiger partial charge in [0.15, 0.2) is 5.69 Å². The van der Waals surface area contributed by atoms with Gasteiger partial charge < -0.3 is 9.84 Å². The Hall–Kier alpha value is -0.990. The molecule has 1 rings (SSSR count). The molecule has 4 nitrogen and oxygen atoms in total. The van der Waals surface area contributed by atoms with E-state index in [2.05, 4.69) is 9.72 Å². The molecule has 7 heteroatoms. The lowest BCUT2D eigenvalue weighted by molar-refractivity contribution is 0.0516. The van der Waals surface area contributed by atoms with E-state index in [1.54, 1.807) is 29.5 Å². The first-order valence-corrected chi connectivity index (χ1v) is 5.40. The van der Waals surface area contributed by atoms with Crippen LogP contribution in [-0.4, -0.2) is 22.7 Å². The quantitative estimate of drug-likeness (QED) is 0.677. The maximum atomic E-state index is 12.4. The van der Waals surface area contributed by atoms with E-state index in [4.69, 9.17) is 0 Å². The van der Waals surface area contributed by atoms with Gasteiger partial charge in [-0.15, -0.1) is 0 Å². The van der Waals surface area contributed by atoms with Crippen LogP contribution in [0.5, 0.6) is 5.75 Å². The number of carbonyl (C=O) groups excluding carboxylic acids is 1. The first-order valence-electron chi connectivity index (χ1n) is 4.32. The Morgan fingerprint density at radius 1 is 1.69 bits per heavy atom. The van der Waals surface area contributed by atoms with E-state index in [0.717, 1.165) is 6.07 Å².